The minimum absolute atomic E-state index is 0.114. The largest absolute Gasteiger partial charge is 0.481 e. The van der Waals surface area contributed by atoms with E-state index in [0.29, 0.717) is 24.8 Å². The summed E-state index contributed by atoms with van der Waals surface area (Å²) in [5.41, 5.74) is 1.59. The molecule has 0 atom stereocenters. The van der Waals surface area contributed by atoms with E-state index in [1.54, 1.807) is 17.0 Å². The molecule has 0 unspecified atom stereocenters. The first-order chi connectivity index (χ1) is 13.9. The van der Waals surface area contributed by atoms with E-state index in [-0.39, 0.29) is 18.2 Å². The van der Waals surface area contributed by atoms with Crippen LogP contribution >= 0.6 is 0 Å². The van der Waals surface area contributed by atoms with Gasteiger partial charge in [0.15, 0.2) is 18.2 Å². The van der Waals surface area contributed by atoms with Crippen molar-refractivity contribution in [3.05, 3.63) is 59.7 Å². The van der Waals surface area contributed by atoms with Crippen molar-refractivity contribution in [3.63, 3.8) is 0 Å². The van der Waals surface area contributed by atoms with Gasteiger partial charge in [0, 0.05) is 24.8 Å². The molecular formula is C22H24F2N2O3. The van der Waals surface area contributed by atoms with Crippen molar-refractivity contribution in [1.82, 2.24) is 4.90 Å². The summed E-state index contributed by atoms with van der Waals surface area (Å²) in [6, 6.07) is 10.1. The highest BCUT2D eigenvalue weighted by molar-refractivity contribution is 5.99. The van der Waals surface area contributed by atoms with Gasteiger partial charge in [0.2, 0.25) is 5.91 Å². The Morgan fingerprint density at radius 3 is 2.38 bits per heavy atom. The summed E-state index contributed by atoms with van der Waals surface area (Å²) in [6.45, 7) is 2.72. The third-order valence-corrected chi connectivity index (χ3v) is 4.89. The Morgan fingerprint density at radius 2 is 1.72 bits per heavy atom. The first kappa shape index (κ1) is 20.8. The van der Waals surface area contributed by atoms with E-state index >= 15 is 0 Å². The van der Waals surface area contributed by atoms with E-state index in [4.69, 9.17) is 4.74 Å². The van der Waals surface area contributed by atoms with Crippen molar-refractivity contribution in [3.8, 4) is 5.75 Å². The molecule has 0 aliphatic carbocycles. The van der Waals surface area contributed by atoms with Crippen LogP contribution < -0.4 is 9.64 Å². The predicted octanol–water partition coefficient (Wildman–Crippen LogP) is 3.70. The third kappa shape index (κ3) is 5.53. The smallest absolute Gasteiger partial charge is 0.265 e. The van der Waals surface area contributed by atoms with Crippen molar-refractivity contribution in [2.24, 2.45) is 0 Å². The van der Waals surface area contributed by atoms with E-state index in [2.05, 4.69) is 0 Å². The zero-order chi connectivity index (χ0) is 20.8. The highest BCUT2D eigenvalue weighted by Gasteiger charge is 2.24. The number of halogens is 2. The summed E-state index contributed by atoms with van der Waals surface area (Å²) < 4.78 is 32.1. The average molecular weight is 402 g/mol. The summed E-state index contributed by atoms with van der Waals surface area (Å²) in [4.78, 5) is 28.6. The number of amides is 2. The Kier molecular flexibility index (Phi) is 6.80. The molecule has 0 N–H and O–H groups in total. The van der Waals surface area contributed by atoms with Crippen molar-refractivity contribution in [2.45, 2.75) is 26.2 Å². The minimum Gasteiger partial charge on any atom is -0.481 e. The molecule has 0 radical (unpaired) electrons. The van der Waals surface area contributed by atoms with Crippen LogP contribution in [-0.4, -0.2) is 43.0 Å². The van der Waals surface area contributed by atoms with Crippen LogP contribution in [0.15, 0.2) is 42.5 Å². The average Bonchev–Trinajstić information content (AvgIpc) is 2.72. The van der Waals surface area contributed by atoms with Gasteiger partial charge in [-0.3, -0.25) is 9.59 Å². The van der Waals surface area contributed by atoms with Gasteiger partial charge in [-0.25, -0.2) is 8.78 Å². The fourth-order valence-electron chi connectivity index (χ4n) is 3.24. The van der Waals surface area contributed by atoms with E-state index in [0.717, 1.165) is 37.0 Å². The molecule has 1 fully saturated rings. The molecule has 0 spiro atoms. The molecule has 0 aromatic heterocycles. The number of rotatable bonds is 6. The van der Waals surface area contributed by atoms with E-state index in [1.165, 1.54) is 4.90 Å². The van der Waals surface area contributed by atoms with E-state index in [9.17, 15) is 18.4 Å². The van der Waals surface area contributed by atoms with Crippen molar-refractivity contribution >= 4 is 17.5 Å². The second kappa shape index (κ2) is 9.49. The SMILES string of the molecule is Cc1ccc(N(CC(=O)N2CCCCC2)C(=O)COc2ccc(F)cc2F)cc1. The number of piperidine rings is 1. The van der Waals surface area contributed by atoms with Gasteiger partial charge < -0.3 is 14.5 Å². The fourth-order valence-corrected chi connectivity index (χ4v) is 3.24. The monoisotopic (exact) mass is 402 g/mol. The molecular weight excluding hydrogens is 378 g/mol. The maximum atomic E-state index is 13.8. The molecule has 0 saturated carbocycles. The molecule has 2 amide bonds. The van der Waals surface area contributed by atoms with Crippen LogP contribution in [-0.2, 0) is 9.59 Å². The maximum absolute atomic E-state index is 13.8. The Morgan fingerprint density at radius 1 is 1.03 bits per heavy atom. The zero-order valence-electron chi connectivity index (χ0n) is 16.4. The van der Waals surface area contributed by atoms with Gasteiger partial charge in [-0.15, -0.1) is 0 Å². The van der Waals surface area contributed by atoms with E-state index < -0.39 is 24.1 Å². The lowest BCUT2D eigenvalue weighted by Crippen LogP contribution is -2.46. The maximum Gasteiger partial charge on any atom is 0.265 e. The Balaban J connectivity index is 1.73. The first-order valence-corrected chi connectivity index (χ1v) is 9.67. The van der Waals surface area contributed by atoms with Crippen molar-refractivity contribution in [1.29, 1.82) is 0 Å². The number of carbonyl (C=O) groups excluding carboxylic acids is 2. The molecule has 3 rings (SSSR count). The molecule has 154 valence electrons. The summed E-state index contributed by atoms with van der Waals surface area (Å²) in [6.07, 6.45) is 3.01. The van der Waals surface area contributed by atoms with Gasteiger partial charge in [0.1, 0.15) is 12.4 Å². The van der Waals surface area contributed by atoms with Crippen LogP contribution in [0, 0.1) is 18.6 Å². The molecule has 2 aromatic rings. The lowest BCUT2D eigenvalue weighted by Gasteiger charge is -2.30. The second-order valence-corrected chi connectivity index (χ2v) is 7.12. The highest BCUT2D eigenvalue weighted by Crippen LogP contribution is 2.20. The summed E-state index contributed by atoms with van der Waals surface area (Å²) in [5.74, 6) is -2.45. The van der Waals surface area contributed by atoms with Crippen molar-refractivity contribution in [2.75, 3.05) is 31.1 Å². The number of hydrogen-bond acceptors (Lipinski definition) is 3. The zero-order valence-corrected chi connectivity index (χ0v) is 16.4. The molecule has 2 aromatic carbocycles. The fraction of sp³-hybridized carbons (Fsp3) is 0.364. The van der Waals surface area contributed by atoms with Gasteiger partial charge in [-0.1, -0.05) is 17.7 Å². The molecule has 1 aliphatic rings. The van der Waals surface area contributed by atoms with Crippen LogP contribution in [0.2, 0.25) is 0 Å². The standard InChI is InChI=1S/C22H24F2N2O3/c1-16-5-8-18(9-6-16)26(14-21(27)25-11-3-2-4-12-25)22(28)15-29-20-10-7-17(23)13-19(20)24/h5-10,13H,2-4,11-12,14-15H2,1H3. The van der Waals surface area contributed by atoms with Gasteiger partial charge in [0.05, 0.1) is 0 Å². The van der Waals surface area contributed by atoms with Gasteiger partial charge in [-0.05, 0) is 50.5 Å². The number of ether oxygens (including phenoxy) is 1. The van der Waals surface area contributed by atoms with Crippen LogP contribution in [0.4, 0.5) is 14.5 Å². The molecule has 0 bridgehead atoms. The summed E-state index contributed by atoms with van der Waals surface area (Å²) in [5, 5.41) is 0. The summed E-state index contributed by atoms with van der Waals surface area (Å²) >= 11 is 0. The molecule has 1 heterocycles. The van der Waals surface area contributed by atoms with Gasteiger partial charge in [-0.2, -0.15) is 0 Å². The number of benzene rings is 2. The van der Waals surface area contributed by atoms with Crippen molar-refractivity contribution < 1.29 is 23.1 Å². The van der Waals surface area contributed by atoms with Gasteiger partial charge in [0.25, 0.3) is 5.91 Å². The first-order valence-electron chi connectivity index (χ1n) is 9.67. The molecule has 1 aliphatic heterocycles. The molecule has 1 saturated heterocycles. The number of anilines is 1. The van der Waals surface area contributed by atoms with E-state index in [1.807, 2.05) is 19.1 Å². The third-order valence-electron chi connectivity index (χ3n) is 4.89. The Hall–Kier alpha value is -2.96. The minimum atomic E-state index is -0.885. The number of likely N-dealkylation sites (tertiary alicyclic amines) is 1. The van der Waals surface area contributed by atoms with Gasteiger partial charge >= 0.3 is 0 Å². The number of carbonyl (C=O) groups is 2. The number of hydrogen-bond donors (Lipinski definition) is 0. The summed E-state index contributed by atoms with van der Waals surface area (Å²) in [7, 11) is 0. The Bertz CT molecular complexity index is 865. The highest BCUT2D eigenvalue weighted by atomic mass is 19.1. The number of aryl methyl sites for hydroxylation is 1. The topological polar surface area (TPSA) is 49.9 Å². The van der Waals surface area contributed by atoms with Crippen LogP contribution in [0.3, 0.4) is 0 Å². The normalized spacial score (nSPS) is 13.8. The molecule has 5 nitrogen and oxygen atoms in total. The molecule has 7 heteroatoms. The predicted molar refractivity (Wildman–Crippen MR) is 106 cm³/mol. The van der Waals surface area contributed by atoms with Crippen LogP contribution in [0.1, 0.15) is 24.8 Å². The van der Waals surface area contributed by atoms with Crippen LogP contribution in [0.25, 0.3) is 0 Å². The lowest BCUT2D eigenvalue weighted by molar-refractivity contribution is -0.132. The lowest BCUT2D eigenvalue weighted by atomic mass is 10.1. The number of nitrogens with zero attached hydrogens (tertiary/aromatic N) is 2. The Labute approximate surface area is 168 Å². The second-order valence-electron chi connectivity index (χ2n) is 7.12. The molecule has 29 heavy (non-hydrogen) atoms. The van der Waals surface area contributed by atoms with Crippen LogP contribution in [0.5, 0.6) is 5.75 Å². The quantitative estimate of drug-likeness (QED) is 0.740.